The second-order valence-corrected chi connectivity index (χ2v) is 5.30. The number of piperazine rings is 1. The molecule has 0 spiro atoms. The minimum absolute atomic E-state index is 0.0131. The number of hydrogen-bond acceptors (Lipinski definition) is 3. The third-order valence-corrected chi connectivity index (χ3v) is 4.03. The van der Waals surface area contributed by atoms with Gasteiger partial charge < -0.3 is 10.2 Å². The van der Waals surface area contributed by atoms with Gasteiger partial charge in [0.2, 0.25) is 0 Å². The molecule has 1 N–H and O–H groups in total. The summed E-state index contributed by atoms with van der Waals surface area (Å²) in [6.45, 7) is 5.83. The first kappa shape index (κ1) is 14.3. The molecule has 104 valence electrons. The minimum Gasteiger partial charge on any atom is -0.333 e. The van der Waals surface area contributed by atoms with E-state index in [1.807, 2.05) is 4.90 Å². The summed E-state index contributed by atoms with van der Waals surface area (Å²) in [5.41, 5.74) is 0.548. The molecule has 2 rings (SSSR count). The Kier molecular flexibility index (Phi) is 4.77. The van der Waals surface area contributed by atoms with Crippen molar-refractivity contribution in [3.8, 4) is 0 Å². The van der Waals surface area contributed by atoms with Gasteiger partial charge in [0.1, 0.15) is 0 Å². The molecule has 1 aromatic rings. The van der Waals surface area contributed by atoms with Crippen LogP contribution in [0.2, 0.25) is 5.02 Å². The summed E-state index contributed by atoms with van der Waals surface area (Å²) in [4.78, 5) is 18.5. The van der Waals surface area contributed by atoms with Crippen molar-refractivity contribution in [3.63, 3.8) is 0 Å². The van der Waals surface area contributed by atoms with Crippen molar-refractivity contribution in [3.05, 3.63) is 29.0 Å². The Morgan fingerprint density at radius 2 is 2.32 bits per heavy atom. The quantitative estimate of drug-likeness (QED) is 0.925. The molecule has 0 bridgehead atoms. The maximum atomic E-state index is 12.6. The van der Waals surface area contributed by atoms with Gasteiger partial charge in [-0.05, 0) is 18.9 Å². The first-order chi connectivity index (χ1) is 9.17. The van der Waals surface area contributed by atoms with Gasteiger partial charge in [-0.1, -0.05) is 25.4 Å². The Bertz CT molecular complexity index is 452. The van der Waals surface area contributed by atoms with Gasteiger partial charge in [-0.25, -0.2) is 0 Å². The lowest BCUT2D eigenvalue weighted by Gasteiger charge is -2.40. The van der Waals surface area contributed by atoms with Gasteiger partial charge >= 0.3 is 0 Å². The molecule has 19 heavy (non-hydrogen) atoms. The Labute approximate surface area is 119 Å². The number of carbonyl (C=O) groups excluding carboxylic acids is 1. The van der Waals surface area contributed by atoms with Gasteiger partial charge in [0.05, 0.1) is 10.6 Å². The van der Waals surface area contributed by atoms with Crippen LogP contribution in [0.25, 0.3) is 0 Å². The molecule has 2 heterocycles. The van der Waals surface area contributed by atoms with Crippen LogP contribution in [-0.2, 0) is 0 Å². The summed E-state index contributed by atoms with van der Waals surface area (Å²) in [6, 6.07) is 2.30. The lowest BCUT2D eigenvalue weighted by atomic mass is 10.0. The number of carbonyl (C=O) groups is 1. The number of rotatable bonds is 3. The summed E-state index contributed by atoms with van der Waals surface area (Å²) < 4.78 is 0. The van der Waals surface area contributed by atoms with Crippen LogP contribution in [0.3, 0.4) is 0 Å². The average molecular weight is 282 g/mol. The molecule has 4 nitrogen and oxygen atoms in total. The number of amides is 1. The fourth-order valence-corrected chi connectivity index (χ4v) is 2.65. The number of halogens is 1. The highest BCUT2D eigenvalue weighted by Gasteiger charge is 2.30. The van der Waals surface area contributed by atoms with E-state index in [4.69, 9.17) is 11.6 Å². The maximum absolute atomic E-state index is 12.6. The highest BCUT2D eigenvalue weighted by Crippen LogP contribution is 2.20. The minimum atomic E-state index is 0.0131. The third kappa shape index (κ3) is 3.07. The fraction of sp³-hybridized carbons (Fsp3) is 0.571. The van der Waals surface area contributed by atoms with E-state index in [-0.39, 0.29) is 11.9 Å². The molecule has 1 aliphatic rings. The standard InChI is InChI=1S/C14H20ClN3O/c1-3-10-9-18(11(4-2)7-17-10)14(19)12-5-6-16-8-13(12)15/h5-6,8,10-11,17H,3-4,7,9H2,1-2H3. The van der Waals surface area contributed by atoms with Crippen LogP contribution in [-0.4, -0.2) is 41.0 Å². The van der Waals surface area contributed by atoms with E-state index in [9.17, 15) is 4.79 Å². The zero-order valence-electron chi connectivity index (χ0n) is 11.4. The van der Waals surface area contributed by atoms with E-state index in [2.05, 4.69) is 24.1 Å². The van der Waals surface area contributed by atoms with Crippen molar-refractivity contribution in [1.82, 2.24) is 15.2 Å². The smallest absolute Gasteiger partial charge is 0.255 e. The summed E-state index contributed by atoms with van der Waals surface area (Å²) in [5, 5.41) is 3.91. The second kappa shape index (κ2) is 6.35. The van der Waals surface area contributed by atoms with E-state index in [1.54, 1.807) is 12.3 Å². The van der Waals surface area contributed by atoms with E-state index < -0.39 is 0 Å². The van der Waals surface area contributed by atoms with E-state index in [0.29, 0.717) is 16.6 Å². The molecule has 1 amide bonds. The lowest BCUT2D eigenvalue weighted by Crippen LogP contribution is -2.57. The van der Waals surface area contributed by atoms with Crippen LogP contribution in [0.15, 0.2) is 18.5 Å². The summed E-state index contributed by atoms with van der Waals surface area (Å²) in [6.07, 6.45) is 5.09. The molecule has 2 unspecified atom stereocenters. The highest BCUT2D eigenvalue weighted by molar-refractivity contribution is 6.33. The molecule has 1 aromatic heterocycles. The monoisotopic (exact) mass is 281 g/mol. The number of pyridine rings is 1. The van der Waals surface area contributed by atoms with Gasteiger partial charge in [-0.3, -0.25) is 9.78 Å². The largest absolute Gasteiger partial charge is 0.333 e. The van der Waals surface area contributed by atoms with Crippen LogP contribution < -0.4 is 5.32 Å². The fourth-order valence-electron chi connectivity index (χ4n) is 2.45. The predicted molar refractivity (Wildman–Crippen MR) is 76.4 cm³/mol. The first-order valence-corrected chi connectivity index (χ1v) is 7.19. The zero-order valence-corrected chi connectivity index (χ0v) is 12.2. The molecule has 1 aliphatic heterocycles. The second-order valence-electron chi connectivity index (χ2n) is 4.89. The highest BCUT2D eigenvalue weighted by atomic mass is 35.5. The van der Waals surface area contributed by atoms with Gasteiger partial charge in [0.15, 0.2) is 0 Å². The Morgan fingerprint density at radius 3 is 2.95 bits per heavy atom. The normalized spacial score (nSPS) is 23.4. The maximum Gasteiger partial charge on any atom is 0.255 e. The van der Waals surface area contributed by atoms with Gasteiger partial charge in [-0.2, -0.15) is 0 Å². The lowest BCUT2D eigenvalue weighted by molar-refractivity contribution is 0.0576. The van der Waals surface area contributed by atoms with E-state index in [0.717, 1.165) is 25.9 Å². The average Bonchev–Trinajstić information content (AvgIpc) is 2.46. The van der Waals surface area contributed by atoms with Crippen LogP contribution >= 0.6 is 11.6 Å². The molecule has 0 aromatic carbocycles. The molecule has 0 radical (unpaired) electrons. The molecular formula is C14H20ClN3O. The molecule has 1 fully saturated rings. The Morgan fingerprint density at radius 1 is 1.53 bits per heavy atom. The molecular weight excluding hydrogens is 262 g/mol. The van der Waals surface area contributed by atoms with Gasteiger partial charge in [-0.15, -0.1) is 0 Å². The number of aromatic nitrogens is 1. The van der Waals surface area contributed by atoms with Crippen molar-refractivity contribution in [2.75, 3.05) is 13.1 Å². The number of nitrogens with one attached hydrogen (secondary N) is 1. The van der Waals surface area contributed by atoms with Crippen molar-refractivity contribution >= 4 is 17.5 Å². The van der Waals surface area contributed by atoms with Crippen LogP contribution in [0.1, 0.15) is 37.0 Å². The summed E-state index contributed by atoms with van der Waals surface area (Å²) in [5.74, 6) is 0.0131. The summed E-state index contributed by atoms with van der Waals surface area (Å²) in [7, 11) is 0. The van der Waals surface area contributed by atoms with Gasteiger partial charge in [0, 0.05) is 37.6 Å². The van der Waals surface area contributed by atoms with Crippen LogP contribution in [0, 0.1) is 0 Å². The molecule has 2 atom stereocenters. The Balaban J connectivity index is 2.22. The topological polar surface area (TPSA) is 45.2 Å². The third-order valence-electron chi connectivity index (χ3n) is 3.73. The zero-order chi connectivity index (χ0) is 13.8. The predicted octanol–water partition coefficient (Wildman–Crippen LogP) is 2.34. The van der Waals surface area contributed by atoms with Crippen LogP contribution in [0.5, 0.6) is 0 Å². The van der Waals surface area contributed by atoms with Crippen molar-refractivity contribution in [2.24, 2.45) is 0 Å². The molecule has 1 saturated heterocycles. The molecule has 0 aliphatic carbocycles. The molecule has 5 heteroatoms. The Hall–Kier alpha value is -1.13. The van der Waals surface area contributed by atoms with Crippen LogP contribution in [0.4, 0.5) is 0 Å². The SMILES string of the molecule is CCC1CN(C(=O)c2ccncc2Cl)C(CC)CN1. The summed E-state index contributed by atoms with van der Waals surface area (Å²) >= 11 is 6.07. The first-order valence-electron chi connectivity index (χ1n) is 6.81. The van der Waals surface area contributed by atoms with Crippen molar-refractivity contribution in [2.45, 2.75) is 38.8 Å². The number of hydrogen-bond donors (Lipinski definition) is 1. The van der Waals surface area contributed by atoms with Crippen molar-refractivity contribution in [1.29, 1.82) is 0 Å². The van der Waals surface area contributed by atoms with Gasteiger partial charge in [0.25, 0.3) is 5.91 Å². The van der Waals surface area contributed by atoms with E-state index >= 15 is 0 Å². The number of nitrogens with zero attached hydrogens (tertiary/aromatic N) is 2. The van der Waals surface area contributed by atoms with Crippen molar-refractivity contribution < 1.29 is 4.79 Å². The molecule has 0 saturated carbocycles. The van der Waals surface area contributed by atoms with E-state index in [1.165, 1.54) is 6.20 Å².